The van der Waals surface area contributed by atoms with Crippen molar-refractivity contribution < 1.29 is 0 Å². The quantitative estimate of drug-likeness (QED) is 0.628. The number of hydrogen-bond acceptors (Lipinski definition) is 1. The van der Waals surface area contributed by atoms with Crippen LogP contribution in [0, 0.1) is 0 Å². The lowest BCUT2D eigenvalue weighted by atomic mass is 10.1. The summed E-state index contributed by atoms with van der Waals surface area (Å²) in [7, 11) is 0. The van der Waals surface area contributed by atoms with Crippen LogP contribution in [0.2, 0.25) is 0 Å². The van der Waals surface area contributed by atoms with Gasteiger partial charge < -0.3 is 4.90 Å². The Bertz CT molecular complexity index is 403. The Morgan fingerprint density at radius 1 is 1.00 bits per heavy atom. The van der Waals surface area contributed by atoms with Crippen LogP contribution in [0.3, 0.4) is 0 Å². The molecular formula is C16H23N. The topological polar surface area (TPSA) is 3.01 Å². The van der Waals surface area contributed by atoms with Crippen molar-refractivity contribution in [3.05, 3.63) is 34.2 Å². The molecule has 1 heterocycles. The van der Waals surface area contributed by atoms with Crippen molar-refractivity contribution in [3.8, 4) is 0 Å². The molecule has 0 aromatic rings. The molecule has 0 atom stereocenters. The molecule has 1 heteroatoms. The van der Waals surface area contributed by atoms with Gasteiger partial charge in [-0.1, -0.05) is 25.8 Å². The first-order valence-electron chi connectivity index (χ1n) is 7.33. The maximum absolute atomic E-state index is 2.49. The molecule has 1 aliphatic heterocycles. The van der Waals surface area contributed by atoms with E-state index < -0.39 is 0 Å². The van der Waals surface area contributed by atoms with E-state index in [9.17, 15) is 0 Å². The van der Waals surface area contributed by atoms with Crippen LogP contribution in [-0.2, 0) is 0 Å². The molecule has 3 aliphatic rings. The van der Waals surface area contributed by atoms with Crippen molar-refractivity contribution in [2.75, 3.05) is 6.54 Å². The number of rotatable bonds is 2. The van der Waals surface area contributed by atoms with E-state index in [0.717, 1.165) is 13.0 Å². The molecule has 0 aromatic heterocycles. The summed E-state index contributed by atoms with van der Waals surface area (Å²) in [6.07, 6.45) is 12.0. The van der Waals surface area contributed by atoms with Gasteiger partial charge in [0.15, 0.2) is 0 Å². The average molecular weight is 229 g/mol. The van der Waals surface area contributed by atoms with E-state index in [1.54, 1.807) is 22.4 Å². The first-order valence-corrected chi connectivity index (χ1v) is 7.33. The summed E-state index contributed by atoms with van der Waals surface area (Å²) in [6.45, 7) is 5.64. The molecule has 2 aliphatic carbocycles. The fourth-order valence-corrected chi connectivity index (χ4v) is 3.27. The first kappa shape index (κ1) is 11.1. The molecule has 92 valence electrons. The number of likely N-dealkylation sites (N-methyl/N-ethyl adjacent to an activating group) is 1. The molecule has 0 bridgehead atoms. The van der Waals surface area contributed by atoms with Crippen molar-refractivity contribution >= 4 is 0 Å². The minimum absolute atomic E-state index is 1.14. The summed E-state index contributed by atoms with van der Waals surface area (Å²) in [5.74, 6) is 0. The normalized spacial score (nSPS) is 26.0. The predicted molar refractivity (Wildman–Crippen MR) is 72.5 cm³/mol. The molecule has 3 rings (SSSR count). The van der Waals surface area contributed by atoms with Gasteiger partial charge in [-0.2, -0.15) is 0 Å². The minimum Gasteiger partial charge on any atom is -0.338 e. The maximum Gasteiger partial charge on any atom is 0.0728 e. The van der Waals surface area contributed by atoms with E-state index in [1.807, 2.05) is 0 Å². The van der Waals surface area contributed by atoms with Crippen molar-refractivity contribution in [1.82, 2.24) is 4.90 Å². The number of nitrogens with zero attached hydrogens (tertiary/aromatic N) is 1. The Labute approximate surface area is 105 Å². The maximum atomic E-state index is 2.49. The van der Waals surface area contributed by atoms with Crippen LogP contribution in [0.25, 0.3) is 0 Å². The lowest BCUT2D eigenvalue weighted by Crippen LogP contribution is -1.90. The third-order valence-corrected chi connectivity index (χ3v) is 4.21. The van der Waals surface area contributed by atoms with E-state index in [1.165, 1.54) is 44.2 Å². The van der Waals surface area contributed by atoms with Crippen LogP contribution in [-0.4, -0.2) is 11.4 Å². The first-order chi connectivity index (χ1) is 8.38. The molecule has 1 fully saturated rings. The van der Waals surface area contributed by atoms with Crippen molar-refractivity contribution in [3.63, 3.8) is 0 Å². The van der Waals surface area contributed by atoms with E-state index in [-0.39, 0.29) is 0 Å². The molecule has 0 radical (unpaired) electrons. The van der Waals surface area contributed by atoms with E-state index >= 15 is 0 Å². The zero-order valence-corrected chi connectivity index (χ0v) is 11.2. The zero-order chi connectivity index (χ0) is 11.8. The van der Waals surface area contributed by atoms with Gasteiger partial charge in [0.2, 0.25) is 0 Å². The zero-order valence-electron chi connectivity index (χ0n) is 11.2. The third kappa shape index (κ3) is 1.86. The van der Waals surface area contributed by atoms with Crippen LogP contribution in [0.4, 0.5) is 0 Å². The smallest absolute Gasteiger partial charge is 0.0728 e. The van der Waals surface area contributed by atoms with Crippen molar-refractivity contribution in [2.45, 2.75) is 58.8 Å². The Hall–Kier alpha value is -0.980. The number of allylic oxidation sites excluding steroid dienone is 4. The Kier molecular flexibility index (Phi) is 2.85. The molecule has 1 nitrogen and oxygen atoms in total. The number of hydrogen-bond donors (Lipinski definition) is 0. The summed E-state index contributed by atoms with van der Waals surface area (Å²) < 4.78 is 0. The molecular weight excluding hydrogens is 206 g/mol. The largest absolute Gasteiger partial charge is 0.338 e. The predicted octanol–water partition coefficient (Wildman–Crippen LogP) is 4.53. The van der Waals surface area contributed by atoms with Crippen LogP contribution in [0.5, 0.6) is 0 Å². The van der Waals surface area contributed by atoms with Crippen molar-refractivity contribution in [2.24, 2.45) is 0 Å². The lowest BCUT2D eigenvalue weighted by molar-refractivity contribution is 0.638. The van der Waals surface area contributed by atoms with Gasteiger partial charge in [0, 0.05) is 12.1 Å². The monoisotopic (exact) mass is 229 g/mol. The van der Waals surface area contributed by atoms with Crippen LogP contribution in [0.15, 0.2) is 34.2 Å². The standard InChI is InChI=1S/C16H23N/c1-3-9-14-16(17(14)4-2)15-12-10-7-5-6-8-11-13(12)15/h9H,3-8,10-11H2,1-2H3/b14-9+. The summed E-state index contributed by atoms with van der Waals surface area (Å²) in [5, 5.41) is 0. The molecule has 17 heavy (non-hydrogen) atoms. The van der Waals surface area contributed by atoms with Gasteiger partial charge in [-0.05, 0) is 50.2 Å². The molecule has 0 saturated carbocycles. The Morgan fingerprint density at radius 2 is 1.65 bits per heavy atom. The highest BCUT2D eigenvalue weighted by molar-refractivity contribution is 5.74. The highest BCUT2D eigenvalue weighted by Gasteiger charge is 2.43. The molecule has 1 saturated heterocycles. The average Bonchev–Trinajstić information content (AvgIpc) is 3.14. The molecule has 0 spiro atoms. The van der Waals surface area contributed by atoms with Gasteiger partial charge in [0.25, 0.3) is 0 Å². The fraction of sp³-hybridized carbons (Fsp3) is 0.625. The summed E-state index contributed by atoms with van der Waals surface area (Å²) in [4.78, 5) is 2.49. The van der Waals surface area contributed by atoms with Crippen molar-refractivity contribution in [1.29, 1.82) is 0 Å². The van der Waals surface area contributed by atoms with Gasteiger partial charge in [0.05, 0.1) is 11.4 Å². The lowest BCUT2D eigenvalue weighted by Gasteiger charge is -1.99. The van der Waals surface area contributed by atoms with Gasteiger partial charge in [0.1, 0.15) is 0 Å². The second kappa shape index (κ2) is 4.36. The van der Waals surface area contributed by atoms with E-state index in [4.69, 9.17) is 0 Å². The van der Waals surface area contributed by atoms with E-state index in [0.29, 0.717) is 0 Å². The SMILES string of the molecule is CC/C=C1\C(=C2C3=C2CCCCCC3)N1CC. The Morgan fingerprint density at radius 3 is 2.18 bits per heavy atom. The van der Waals surface area contributed by atoms with Crippen LogP contribution < -0.4 is 0 Å². The fourth-order valence-electron chi connectivity index (χ4n) is 3.27. The summed E-state index contributed by atoms with van der Waals surface area (Å²) in [5.41, 5.74) is 8.25. The molecule has 0 unspecified atom stereocenters. The van der Waals surface area contributed by atoms with Crippen LogP contribution >= 0.6 is 0 Å². The second-order valence-corrected chi connectivity index (χ2v) is 5.34. The van der Waals surface area contributed by atoms with Gasteiger partial charge >= 0.3 is 0 Å². The van der Waals surface area contributed by atoms with Gasteiger partial charge in [-0.15, -0.1) is 0 Å². The summed E-state index contributed by atoms with van der Waals surface area (Å²) in [6, 6.07) is 0. The highest BCUT2D eigenvalue weighted by atomic mass is 15.3. The van der Waals surface area contributed by atoms with Gasteiger partial charge in [-0.3, -0.25) is 0 Å². The third-order valence-electron chi connectivity index (χ3n) is 4.21. The van der Waals surface area contributed by atoms with Crippen LogP contribution in [0.1, 0.15) is 58.8 Å². The molecule has 0 amide bonds. The Balaban J connectivity index is 1.81. The highest BCUT2D eigenvalue weighted by Crippen LogP contribution is 2.55. The summed E-state index contributed by atoms with van der Waals surface area (Å²) >= 11 is 0. The molecule has 0 N–H and O–H groups in total. The molecule has 0 aromatic carbocycles. The minimum atomic E-state index is 1.14. The van der Waals surface area contributed by atoms with E-state index in [2.05, 4.69) is 24.8 Å². The second-order valence-electron chi connectivity index (χ2n) is 5.34. The van der Waals surface area contributed by atoms with Gasteiger partial charge in [-0.25, -0.2) is 0 Å².